The maximum absolute atomic E-state index is 8.88. The molecule has 0 fully saturated rings. The molecular formula is H12Ca4ClO4P. The number of hydrogen-bond donors (Lipinski definition) is 3. The Morgan fingerprint density at radius 2 is 0.800 bits per heavy atom. The minimum atomic E-state index is -4.64. The molecule has 0 aromatic rings. The summed E-state index contributed by atoms with van der Waals surface area (Å²) in [5, 5.41) is 0. The number of halogens is 1. The van der Waals surface area contributed by atoms with Crippen molar-refractivity contribution in [3.63, 3.8) is 0 Å². The van der Waals surface area contributed by atoms with Gasteiger partial charge < -0.3 is 14.7 Å². The van der Waals surface area contributed by atoms with Crippen molar-refractivity contribution in [2.45, 2.75) is 0 Å². The number of hydrogen-bond acceptors (Lipinski definition) is 1. The zero-order chi connectivity index (χ0) is 4.50. The van der Waals surface area contributed by atoms with Gasteiger partial charge in [0, 0.05) is 0 Å². The predicted molar refractivity (Wildman–Crippen MR) is 55.7 cm³/mol. The van der Waals surface area contributed by atoms with Crippen molar-refractivity contribution in [1.29, 1.82) is 0 Å². The third-order valence-corrected chi connectivity index (χ3v) is 0. The molecule has 56 valence electrons. The van der Waals surface area contributed by atoms with Gasteiger partial charge in [0.1, 0.15) is 0 Å². The van der Waals surface area contributed by atoms with E-state index in [1.807, 2.05) is 0 Å². The molecule has 0 atom stereocenters. The molecular weight excluding hydrogens is 291 g/mol. The second-order valence-electron chi connectivity index (χ2n) is 0.513. The average Bonchev–Trinajstić information content (AvgIpc) is 0.722. The van der Waals surface area contributed by atoms with Crippen LogP contribution in [0.5, 0.6) is 0 Å². The Balaban J connectivity index is -0.00000000800. The number of rotatable bonds is 0. The quantitative estimate of drug-likeness (QED) is 0.313. The molecule has 0 unspecified atom stereocenters. The molecule has 0 aromatic carbocycles. The summed E-state index contributed by atoms with van der Waals surface area (Å²) in [5.41, 5.74) is 0. The van der Waals surface area contributed by atoms with Crippen LogP contribution >= 0.6 is 20.2 Å². The Labute approximate surface area is 185 Å². The van der Waals surface area contributed by atoms with E-state index in [2.05, 4.69) is 0 Å². The second kappa shape index (κ2) is 19.9. The molecule has 0 saturated heterocycles. The third kappa shape index (κ3) is 70.3. The van der Waals surface area contributed by atoms with Gasteiger partial charge >= 0.3 is 159 Å². The van der Waals surface area contributed by atoms with Gasteiger partial charge in [0.15, 0.2) is 0 Å². The Morgan fingerprint density at radius 1 is 0.800 bits per heavy atom. The standard InChI is InChI=1S/4Ca.ClH.H3O4P.8H/c;;;;;1-5(2,3)4;;;;;;;;/h;;;;1H;(H3,1,2,3,4);;;;;;;;. The summed E-state index contributed by atoms with van der Waals surface area (Å²) in [7, 11) is -4.64. The zero-order valence-electron chi connectivity index (χ0n) is 2.61. The molecule has 0 amide bonds. The molecule has 0 aliphatic heterocycles. The Bertz CT molecular complexity index is 63.4. The fraction of sp³-hybridized carbons (Fsp3) is 0. The summed E-state index contributed by atoms with van der Waals surface area (Å²) in [6.07, 6.45) is 0. The molecule has 0 aliphatic carbocycles. The van der Waals surface area contributed by atoms with E-state index in [1.165, 1.54) is 0 Å². The van der Waals surface area contributed by atoms with E-state index in [4.69, 9.17) is 19.2 Å². The van der Waals surface area contributed by atoms with Gasteiger partial charge in [-0.2, -0.15) is 0 Å². The van der Waals surface area contributed by atoms with Gasteiger partial charge in [0.2, 0.25) is 0 Å². The van der Waals surface area contributed by atoms with E-state index in [9.17, 15) is 0 Å². The molecule has 0 rings (SSSR count). The van der Waals surface area contributed by atoms with Crippen molar-refractivity contribution in [2.24, 2.45) is 0 Å². The van der Waals surface area contributed by atoms with Gasteiger partial charge in [-0.25, -0.2) is 4.57 Å². The molecule has 0 radical (unpaired) electrons. The van der Waals surface area contributed by atoms with Crippen LogP contribution in [-0.4, -0.2) is 166 Å². The van der Waals surface area contributed by atoms with Crippen LogP contribution in [0.2, 0.25) is 0 Å². The Hall–Kier alpha value is 5.44. The van der Waals surface area contributed by atoms with Gasteiger partial charge in [0.25, 0.3) is 0 Å². The molecule has 10 heteroatoms. The van der Waals surface area contributed by atoms with E-state index in [0.29, 0.717) is 0 Å². The van der Waals surface area contributed by atoms with Gasteiger partial charge in [-0.1, -0.05) is 0 Å². The first kappa shape index (κ1) is 36.1. The van der Waals surface area contributed by atoms with E-state index in [1.54, 1.807) is 0 Å². The molecule has 0 aromatic heterocycles. The first-order chi connectivity index (χ1) is 2.00. The van der Waals surface area contributed by atoms with E-state index < -0.39 is 7.82 Å². The van der Waals surface area contributed by atoms with Gasteiger partial charge in [-0.15, -0.1) is 12.4 Å². The minimum absolute atomic E-state index is 0. The molecule has 3 N–H and O–H groups in total. The van der Waals surface area contributed by atoms with E-state index in [-0.39, 0.29) is 163 Å². The van der Waals surface area contributed by atoms with Crippen LogP contribution in [0.15, 0.2) is 0 Å². The summed E-state index contributed by atoms with van der Waals surface area (Å²) >= 11 is 0. The van der Waals surface area contributed by atoms with Crippen LogP contribution in [0.1, 0.15) is 0 Å². The van der Waals surface area contributed by atoms with Crippen LogP contribution in [0.4, 0.5) is 0 Å². The molecule has 0 bridgehead atoms. The van der Waals surface area contributed by atoms with Crippen LogP contribution in [0, 0.1) is 0 Å². The zero-order valence-corrected chi connectivity index (χ0v) is 4.32. The number of phosphoric acid groups is 1. The molecule has 0 aliphatic rings. The van der Waals surface area contributed by atoms with Crippen molar-refractivity contribution in [3.8, 4) is 0 Å². The predicted octanol–water partition coefficient (Wildman–Crippen LogP) is -4.17. The monoisotopic (exact) mass is 302 g/mol. The molecule has 0 heterocycles. The van der Waals surface area contributed by atoms with Gasteiger partial charge in [-0.3, -0.25) is 0 Å². The van der Waals surface area contributed by atoms with Crippen LogP contribution in [0.25, 0.3) is 0 Å². The van der Waals surface area contributed by atoms with Crippen molar-refractivity contribution >= 4 is 171 Å². The summed E-state index contributed by atoms with van der Waals surface area (Å²) in [6, 6.07) is 0. The van der Waals surface area contributed by atoms with Crippen LogP contribution in [-0.2, 0) is 4.57 Å². The molecule has 0 saturated carbocycles. The summed E-state index contributed by atoms with van der Waals surface area (Å²) in [4.78, 5) is 21.6. The fourth-order valence-electron chi connectivity index (χ4n) is 0. The van der Waals surface area contributed by atoms with Crippen LogP contribution in [0.3, 0.4) is 0 Å². The van der Waals surface area contributed by atoms with Crippen molar-refractivity contribution in [1.82, 2.24) is 0 Å². The Kier molecular flexibility index (Phi) is 72.0. The molecule has 4 nitrogen and oxygen atoms in total. The molecule has 10 heavy (non-hydrogen) atoms. The van der Waals surface area contributed by atoms with E-state index >= 15 is 0 Å². The SMILES string of the molecule is Cl.O=P(O)(O)O.[CaH2].[CaH2].[CaH2].[CaH2]. The van der Waals surface area contributed by atoms with E-state index in [0.717, 1.165) is 0 Å². The Morgan fingerprint density at radius 3 is 0.800 bits per heavy atom. The molecule has 0 spiro atoms. The summed E-state index contributed by atoms with van der Waals surface area (Å²) in [5.74, 6) is 0. The normalized spacial score (nSPS) is 5.90. The third-order valence-electron chi connectivity index (χ3n) is 0. The van der Waals surface area contributed by atoms with Crippen LogP contribution < -0.4 is 0 Å². The van der Waals surface area contributed by atoms with Crippen molar-refractivity contribution in [2.75, 3.05) is 0 Å². The summed E-state index contributed by atoms with van der Waals surface area (Å²) in [6.45, 7) is 0. The van der Waals surface area contributed by atoms with Gasteiger partial charge in [0.05, 0.1) is 0 Å². The average molecular weight is 303 g/mol. The maximum atomic E-state index is 8.88. The second-order valence-corrected chi connectivity index (χ2v) is 1.54. The fourth-order valence-corrected chi connectivity index (χ4v) is 0. The van der Waals surface area contributed by atoms with Crippen molar-refractivity contribution < 1.29 is 19.2 Å². The van der Waals surface area contributed by atoms with Gasteiger partial charge in [-0.05, 0) is 0 Å². The summed E-state index contributed by atoms with van der Waals surface area (Å²) < 4.78 is 8.88. The van der Waals surface area contributed by atoms with Crippen molar-refractivity contribution in [3.05, 3.63) is 0 Å². The topological polar surface area (TPSA) is 77.8 Å². The first-order valence-corrected chi connectivity index (χ1v) is 2.35. The first-order valence-electron chi connectivity index (χ1n) is 0.783.